The van der Waals surface area contributed by atoms with Crippen molar-refractivity contribution < 1.29 is 4.79 Å². The molecule has 0 saturated carbocycles. The van der Waals surface area contributed by atoms with Crippen LogP contribution in [-0.2, 0) is 7.05 Å². The van der Waals surface area contributed by atoms with Crippen LogP contribution in [0.15, 0.2) is 30.5 Å². The maximum atomic E-state index is 12.4. The zero-order valence-corrected chi connectivity index (χ0v) is 12.5. The first-order valence-corrected chi connectivity index (χ1v) is 6.89. The molecule has 1 N–H and O–H groups in total. The van der Waals surface area contributed by atoms with Crippen molar-refractivity contribution in [3.05, 3.63) is 53.1 Å². The van der Waals surface area contributed by atoms with Crippen molar-refractivity contribution in [1.82, 2.24) is 14.9 Å². The molecule has 0 saturated heterocycles. The molecule has 0 unspecified atom stereocenters. The summed E-state index contributed by atoms with van der Waals surface area (Å²) < 4.78 is 1.95. The van der Waals surface area contributed by atoms with Gasteiger partial charge in [-0.05, 0) is 38.5 Å². The molecule has 2 aromatic heterocycles. The smallest absolute Gasteiger partial charge is 0.253 e. The van der Waals surface area contributed by atoms with E-state index in [4.69, 9.17) is 0 Å². The van der Waals surface area contributed by atoms with Crippen molar-refractivity contribution in [1.29, 1.82) is 0 Å². The van der Waals surface area contributed by atoms with Crippen LogP contribution in [0.5, 0.6) is 0 Å². The summed E-state index contributed by atoms with van der Waals surface area (Å²) >= 11 is 0. The summed E-state index contributed by atoms with van der Waals surface area (Å²) in [7, 11) is 1.94. The van der Waals surface area contributed by atoms with Gasteiger partial charge in [0.15, 0.2) is 0 Å². The molecule has 1 atom stereocenters. The number of pyridine rings is 1. The normalized spacial score (nSPS) is 12.2. The van der Waals surface area contributed by atoms with Gasteiger partial charge in [0.2, 0.25) is 0 Å². The van der Waals surface area contributed by atoms with Crippen molar-refractivity contribution in [3.63, 3.8) is 0 Å². The number of nitrogens with one attached hydrogen (secondary N) is 1. The Morgan fingerprint density at radius 1 is 1.35 bits per heavy atom. The number of aryl methyl sites for hydroxylation is 2. The van der Waals surface area contributed by atoms with Crippen LogP contribution >= 0.6 is 0 Å². The average Bonchev–Trinajstić information content (AvgIpc) is 2.76. The van der Waals surface area contributed by atoms with Gasteiger partial charge in [0.05, 0.1) is 17.3 Å². The Kier molecular flexibility index (Phi) is 4.23. The largest absolute Gasteiger partial charge is 0.354 e. The van der Waals surface area contributed by atoms with Crippen molar-refractivity contribution >= 4 is 5.91 Å². The van der Waals surface area contributed by atoms with Crippen LogP contribution in [0.1, 0.15) is 46.8 Å². The van der Waals surface area contributed by atoms with Crippen LogP contribution < -0.4 is 5.32 Å². The third-order valence-electron chi connectivity index (χ3n) is 3.61. The lowest BCUT2D eigenvalue weighted by atomic mass is 10.1. The second-order valence-electron chi connectivity index (χ2n) is 5.06. The lowest BCUT2D eigenvalue weighted by Crippen LogP contribution is -2.29. The number of aromatic nitrogens is 2. The Balaban J connectivity index is 2.18. The third-order valence-corrected chi connectivity index (χ3v) is 3.61. The van der Waals surface area contributed by atoms with Gasteiger partial charge in [-0.25, -0.2) is 0 Å². The molecular formula is C16H21N3O. The molecule has 0 aromatic carbocycles. The molecule has 106 valence electrons. The van der Waals surface area contributed by atoms with Crippen LogP contribution in [-0.4, -0.2) is 15.5 Å². The van der Waals surface area contributed by atoms with E-state index in [0.29, 0.717) is 0 Å². The van der Waals surface area contributed by atoms with E-state index in [1.54, 1.807) is 0 Å². The number of rotatable bonds is 4. The fraction of sp³-hybridized carbons (Fsp3) is 0.375. The quantitative estimate of drug-likeness (QED) is 0.929. The van der Waals surface area contributed by atoms with Crippen molar-refractivity contribution in [2.24, 2.45) is 7.05 Å². The summed E-state index contributed by atoms with van der Waals surface area (Å²) in [6.07, 6.45) is 2.71. The summed E-state index contributed by atoms with van der Waals surface area (Å²) in [6, 6.07) is 7.68. The number of hydrogen-bond donors (Lipinski definition) is 1. The monoisotopic (exact) mass is 271 g/mol. The zero-order valence-electron chi connectivity index (χ0n) is 12.5. The van der Waals surface area contributed by atoms with Gasteiger partial charge < -0.3 is 9.88 Å². The summed E-state index contributed by atoms with van der Waals surface area (Å²) in [5.41, 5.74) is 3.56. The van der Waals surface area contributed by atoms with Gasteiger partial charge in [-0.3, -0.25) is 9.78 Å². The first-order chi connectivity index (χ1) is 9.52. The predicted molar refractivity (Wildman–Crippen MR) is 79.6 cm³/mol. The highest BCUT2D eigenvalue weighted by atomic mass is 16.1. The number of carbonyl (C=O) groups is 1. The minimum Gasteiger partial charge on any atom is -0.354 e. The third kappa shape index (κ3) is 2.90. The molecule has 0 aliphatic rings. The molecule has 0 bridgehead atoms. The van der Waals surface area contributed by atoms with Crippen LogP contribution in [0.2, 0.25) is 0 Å². The van der Waals surface area contributed by atoms with Gasteiger partial charge in [0, 0.05) is 24.6 Å². The first-order valence-electron chi connectivity index (χ1n) is 6.89. The zero-order chi connectivity index (χ0) is 14.7. The Morgan fingerprint density at radius 2 is 2.10 bits per heavy atom. The van der Waals surface area contributed by atoms with Crippen molar-refractivity contribution in [2.75, 3.05) is 0 Å². The van der Waals surface area contributed by atoms with Crippen molar-refractivity contribution in [3.8, 4) is 0 Å². The molecule has 20 heavy (non-hydrogen) atoms. The fourth-order valence-corrected chi connectivity index (χ4v) is 2.23. The maximum absolute atomic E-state index is 12.4. The van der Waals surface area contributed by atoms with Crippen LogP contribution in [0.25, 0.3) is 0 Å². The number of nitrogens with zero attached hydrogens (tertiary/aromatic N) is 2. The summed E-state index contributed by atoms with van der Waals surface area (Å²) in [5.74, 6) is -0.0433. The molecule has 0 aliphatic heterocycles. The van der Waals surface area contributed by atoms with E-state index in [9.17, 15) is 4.79 Å². The lowest BCUT2D eigenvalue weighted by molar-refractivity contribution is 0.0934. The molecule has 2 rings (SSSR count). The summed E-state index contributed by atoms with van der Waals surface area (Å²) in [5, 5.41) is 3.07. The van der Waals surface area contributed by atoms with Crippen LogP contribution in [0, 0.1) is 13.8 Å². The summed E-state index contributed by atoms with van der Waals surface area (Å²) in [4.78, 5) is 16.9. The Bertz CT molecular complexity index is 616. The van der Waals surface area contributed by atoms with Gasteiger partial charge in [0.1, 0.15) is 0 Å². The number of hydrogen-bond acceptors (Lipinski definition) is 2. The predicted octanol–water partition coefficient (Wildman–Crippen LogP) is 2.92. The Labute approximate surface area is 119 Å². The van der Waals surface area contributed by atoms with Gasteiger partial charge in [-0.1, -0.05) is 13.0 Å². The van der Waals surface area contributed by atoms with E-state index >= 15 is 0 Å². The van der Waals surface area contributed by atoms with E-state index in [-0.39, 0.29) is 11.9 Å². The van der Waals surface area contributed by atoms with E-state index in [1.165, 1.54) is 0 Å². The molecule has 2 heterocycles. The van der Waals surface area contributed by atoms with E-state index in [0.717, 1.165) is 29.1 Å². The van der Waals surface area contributed by atoms with Gasteiger partial charge >= 0.3 is 0 Å². The number of carbonyl (C=O) groups excluding carboxylic acids is 1. The second-order valence-corrected chi connectivity index (χ2v) is 5.06. The molecule has 1 amide bonds. The first kappa shape index (κ1) is 14.3. The van der Waals surface area contributed by atoms with Crippen molar-refractivity contribution in [2.45, 2.75) is 33.2 Å². The molecular weight excluding hydrogens is 250 g/mol. The van der Waals surface area contributed by atoms with Gasteiger partial charge in [-0.2, -0.15) is 0 Å². The number of amides is 1. The second kappa shape index (κ2) is 5.90. The molecule has 0 aliphatic carbocycles. The van der Waals surface area contributed by atoms with E-state index in [2.05, 4.69) is 10.3 Å². The highest BCUT2D eigenvalue weighted by molar-refractivity contribution is 5.95. The van der Waals surface area contributed by atoms with Crippen LogP contribution in [0.3, 0.4) is 0 Å². The molecule has 2 aromatic rings. The van der Waals surface area contributed by atoms with Gasteiger partial charge in [-0.15, -0.1) is 0 Å². The van der Waals surface area contributed by atoms with E-state index < -0.39 is 0 Å². The Morgan fingerprint density at radius 3 is 2.65 bits per heavy atom. The highest BCUT2D eigenvalue weighted by Crippen LogP contribution is 2.16. The highest BCUT2D eigenvalue weighted by Gasteiger charge is 2.17. The SMILES string of the molecule is CC[C@H](NC(=O)c1ccn(C)c1C)c1cccc(C)n1. The fourth-order valence-electron chi connectivity index (χ4n) is 2.23. The minimum atomic E-state index is -0.0537. The Hall–Kier alpha value is -2.10. The van der Waals surface area contributed by atoms with E-state index in [1.807, 2.05) is 62.8 Å². The standard InChI is InChI=1S/C16H21N3O/c1-5-14(15-8-6-7-11(2)17-15)18-16(20)13-9-10-19(4)12(13)3/h6-10,14H,5H2,1-4H3,(H,18,20)/t14-/m0/s1. The molecule has 4 nitrogen and oxygen atoms in total. The summed E-state index contributed by atoms with van der Waals surface area (Å²) in [6.45, 7) is 5.95. The molecule has 0 radical (unpaired) electrons. The average molecular weight is 271 g/mol. The maximum Gasteiger partial charge on any atom is 0.253 e. The van der Waals surface area contributed by atoms with Gasteiger partial charge in [0.25, 0.3) is 5.91 Å². The molecule has 0 spiro atoms. The topological polar surface area (TPSA) is 46.9 Å². The van der Waals surface area contributed by atoms with Crippen LogP contribution in [0.4, 0.5) is 0 Å². The molecule has 0 fully saturated rings. The minimum absolute atomic E-state index is 0.0433. The lowest BCUT2D eigenvalue weighted by Gasteiger charge is -2.17. The molecule has 4 heteroatoms.